The van der Waals surface area contributed by atoms with Crippen LogP contribution >= 0.6 is 144 Å². The standard InChI is InChI=1S/C4H13N3.6HI/c5-1-3-7-4-2-6;;;;;;/h7H,1-6H2;6*1H. The van der Waals surface area contributed by atoms with E-state index in [2.05, 4.69) is 5.32 Å². The molecule has 0 aliphatic rings. The van der Waals surface area contributed by atoms with Gasteiger partial charge in [-0.25, -0.2) is 0 Å². The van der Waals surface area contributed by atoms with Gasteiger partial charge in [-0.15, -0.1) is 144 Å². The Morgan fingerprint density at radius 2 is 0.846 bits per heavy atom. The predicted molar refractivity (Wildman–Crippen MR) is 123 cm³/mol. The lowest BCUT2D eigenvalue weighted by Gasteiger charge is -1.95. The minimum Gasteiger partial charge on any atom is -0.329 e. The zero-order chi connectivity index (χ0) is 5.54. The van der Waals surface area contributed by atoms with E-state index >= 15 is 0 Å². The third-order valence-corrected chi connectivity index (χ3v) is 0.642. The lowest BCUT2D eigenvalue weighted by atomic mass is 10.6. The highest BCUT2D eigenvalue weighted by Crippen LogP contribution is 1.49. The summed E-state index contributed by atoms with van der Waals surface area (Å²) >= 11 is 0. The van der Waals surface area contributed by atoms with Gasteiger partial charge < -0.3 is 16.8 Å². The lowest BCUT2D eigenvalue weighted by molar-refractivity contribution is 0.696. The summed E-state index contributed by atoms with van der Waals surface area (Å²) < 4.78 is 0. The number of nitrogens with two attached hydrogens (primary N) is 2. The van der Waals surface area contributed by atoms with E-state index in [1.807, 2.05) is 0 Å². The minimum absolute atomic E-state index is 0. The van der Waals surface area contributed by atoms with Gasteiger partial charge in [0.05, 0.1) is 0 Å². The molecule has 0 fully saturated rings. The Labute approximate surface area is 183 Å². The summed E-state index contributed by atoms with van der Waals surface area (Å²) in [6.45, 7) is 3.13. The van der Waals surface area contributed by atoms with Crippen molar-refractivity contribution in [3.8, 4) is 0 Å². The summed E-state index contributed by atoms with van der Waals surface area (Å²) in [7, 11) is 0. The smallest absolute Gasteiger partial charge is 0.00750 e. The van der Waals surface area contributed by atoms with Crippen LogP contribution in [-0.4, -0.2) is 26.2 Å². The molecule has 0 aromatic carbocycles. The fraction of sp³-hybridized carbons (Fsp3) is 1.00. The summed E-state index contributed by atoms with van der Waals surface area (Å²) in [5.74, 6) is 0. The van der Waals surface area contributed by atoms with E-state index in [1.165, 1.54) is 0 Å². The Morgan fingerprint density at radius 1 is 0.615 bits per heavy atom. The third kappa shape index (κ3) is 48.5. The van der Waals surface area contributed by atoms with Gasteiger partial charge in [-0.05, 0) is 0 Å². The van der Waals surface area contributed by atoms with E-state index in [4.69, 9.17) is 11.5 Å². The number of hydrogen-bond acceptors (Lipinski definition) is 3. The summed E-state index contributed by atoms with van der Waals surface area (Å²) in [6, 6.07) is 0. The van der Waals surface area contributed by atoms with Crippen LogP contribution in [0.1, 0.15) is 0 Å². The first kappa shape index (κ1) is 43.3. The fourth-order valence-corrected chi connectivity index (χ4v) is 0.329. The van der Waals surface area contributed by atoms with E-state index in [0.717, 1.165) is 13.1 Å². The van der Waals surface area contributed by atoms with Crippen LogP contribution in [0, 0.1) is 0 Å². The van der Waals surface area contributed by atoms with Crippen LogP contribution in [0.4, 0.5) is 0 Å². The Morgan fingerprint density at radius 3 is 1.00 bits per heavy atom. The molecule has 0 amide bonds. The molecule has 0 aliphatic carbocycles. The Bertz CT molecular complexity index is 39.1. The van der Waals surface area contributed by atoms with E-state index < -0.39 is 0 Å². The molecule has 9 heteroatoms. The Balaban J connectivity index is -0.0000000120. The largest absolute Gasteiger partial charge is 0.329 e. The number of halogens is 6. The average molecular weight is 871 g/mol. The molecule has 92 valence electrons. The molecule has 0 aliphatic heterocycles. The van der Waals surface area contributed by atoms with Crippen LogP contribution in [0.2, 0.25) is 0 Å². The van der Waals surface area contributed by atoms with Crippen molar-refractivity contribution >= 4 is 144 Å². The predicted octanol–water partition coefficient (Wildman–Crippen LogP) is 2.20. The number of rotatable bonds is 4. The van der Waals surface area contributed by atoms with Gasteiger partial charge in [0.2, 0.25) is 0 Å². The Hall–Kier alpha value is 4.26. The SMILES string of the molecule is I.I.I.I.I.I.NCCNCCN. The van der Waals surface area contributed by atoms with Crippen LogP contribution in [0.3, 0.4) is 0 Å². The molecule has 3 nitrogen and oxygen atoms in total. The van der Waals surface area contributed by atoms with E-state index in [-0.39, 0.29) is 144 Å². The minimum atomic E-state index is 0. The van der Waals surface area contributed by atoms with Crippen LogP contribution in [0.15, 0.2) is 0 Å². The molecule has 5 N–H and O–H groups in total. The lowest BCUT2D eigenvalue weighted by Crippen LogP contribution is -2.27. The van der Waals surface area contributed by atoms with Gasteiger partial charge in [0.1, 0.15) is 0 Å². The maximum atomic E-state index is 5.17. The molecule has 0 aromatic rings. The summed E-state index contributed by atoms with van der Waals surface area (Å²) in [5, 5.41) is 3.03. The van der Waals surface area contributed by atoms with Crippen molar-refractivity contribution in [3.63, 3.8) is 0 Å². The zero-order valence-corrected chi connectivity index (χ0v) is 20.9. The van der Waals surface area contributed by atoms with Crippen LogP contribution in [-0.2, 0) is 0 Å². The van der Waals surface area contributed by atoms with Gasteiger partial charge in [0, 0.05) is 26.2 Å². The summed E-state index contributed by atoms with van der Waals surface area (Å²) in [4.78, 5) is 0. The summed E-state index contributed by atoms with van der Waals surface area (Å²) in [6.07, 6.45) is 0. The van der Waals surface area contributed by atoms with Crippen LogP contribution in [0.5, 0.6) is 0 Å². The molecule has 0 saturated heterocycles. The molecule has 0 saturated carbocycles. The first-order valence-electron chi connectivity index (χ1n) is 2.52. The van der Waals surface area contributed by atoms with Gasteiger partial charge in [-0.1, -0.05) is 0 Å². The molecule has 13 heavy (non-hydrogen) atoms. The maximum Gasteiger partial charge on any atom is 0.00750 e. The average Bonchev–Trinajstić information content (AvgIpc) is 1.69. The van der Waals surface area contributed by atoms with Crippen LogP contribution in [0.25, 0.3) is 0 Å². The highest BCUT2D eigenvalue weighted by Gasteiger charge is 1.76. The van der Waals surface area contributed by atoms with Gasteiger partial charge in [0.15, 0.2) is 0 Å². The first-order chi connectivity index (χ1) is 3.41. The number of nitrogens with one attached hydrogen (secondary N) is 1. The molecule has 0 radical (unpaired) electrons. The second-order valence-corrected chi connectivity index (χ2v) is 1.33. The van der Waals surface area contributed by atoms with Crippen molar-refractivity contribution in [3.05, 3.63) is 0 Å². The van der Waals surface area contributed by atoms with Crippen molar-refractivity contribution in [1.82, 2.24) is 5.32 Å². The quantitative estimate of drug-likeness (QED) is 0.301. The van der Waals surface area contributed by atoms with Gasteiger partial charge in [-0.3, -0.25) is 0 Å². The van der Waals surface area contributed by atoms with E-state index in [9.17, 15) is 0 Å². The van der Waals surface area contributed by atoms with E-state index in [1.54, 1.807) is 0 Å². The Kier molecular flexibility index (Phi) is 147. The van der Waals surface area contributed by atoms with Gasteiger partial charge in [0.25, 0.3) is 0 Å². The molecule has 0 atom stereocenters. The molecule has 0 heterocycles. The third-order valence-electron chi connectivity index (χ3n) is 0.642. The molecule has 0 unspecified atom stereocenters. The highest BCUT2D eigenvalue weighted by molar-refractivity contribution is 14.0. The second kappa shape index (κ2) is 44.2. The van der Waals surface area contributed by atoms with Gasteiger partial charge in [-0.2, -0.15) is 0 Å². The van der Waals surface area contributed by atoms with Crippen molar-refractivity contribution in [2.45, 2.75) is 0 Å². The fourth-order valence-electron chi connectivity index (χ4n) is 0.329. The molecule has 0 rings (SSSR count). The maximum absolute atomic E-state index is 5.17. The topological polar surface area (TPSA) is 64.1 Å². The molecule has 0 aromatic heterocycles. The zero-order valence-electron chi connectivity index (χ0n) is 6.93. The molecule has 0 spiro atoms. The van der Waals surface area contributed by atoms with Crippen LogP contribution < -0.4 is 16.8 Å². The number of hydrogen-bond donors (Lipinski definition) is 3. The van der Waals surface area contributed by atoms with Crippen molar-refractivity contribution in [1.29, 1.82) is 0 Å². The first-order valence-corrected chi connectivity index (χ1v) is 2.52. The van der Waals surface area contributed by atoms with Crippen molar-refractivity contribution in [2.24, 2.45) is 11.5 Å². The monoisotopic (exact) mass is 871 g/mol. The van der Waals surface area contributed by atoms with Crippen molar-refractivity contribution < 1.29 is 0 Å². The highest BCUT2D eigenvalue weighted by atomic mass is 127. The second-order valence-electron chi connectivity index (χ2n) is 1.33. The van der Waals surface area contributed by atoms with Crippen molar-refractivity contribution in [2.75, 3.05) is 26.2 Å². The molecule has 0 bridgehead atoms. The van der Waals surface area contributed by atoms with E-state index in [0.29, 0.717) is 13.1 Å². The van der Waals surface area contributed by atoms with Gasteiger partial charge >= 0.3 is 0 Å². The summed E-state index contributed by atoms with van der Waals surface area (Å²) in [5.41, 5.74) is 10.3. The molecular weight excluding hydrogens is 851 g/mol. The molecular formula is C4H19I6N3. The normalized spacial score (nSPS) is 5.08.